The number of carbonyl (C=O) groups is 2. The fraction of sp³-hybridized carbons (Fsp3) is 0.333. The lowest BCUT2D eigenvalue weighted by atomic mass is 10.0. The Morgan fingerprint density at radius 2 is 2.14 bits per heavy atom. The summed E-state index contributed by atoms with van der Waals surface area (Å²) in [6.45, 7) is 2.46. The Balaban J connectivity index is 2.64. The molecule has 6 heteroatoms. The van der Waals surface area contributed by atoms with Gasteiger partial charge in [0.15, 0.2) is 0 Å². The number of nitrogens with one attached hydrogen (secondary N) is 1. The molecule has 1 aromatic carbocycles. The van der Waals surface area contributed by atoms with Crippen molar-refractivity contribution in [2.24, 2.45) is 11.5 Å². The summed E-state index contributed by atoms with van der Waals surface area (Å²) in [5.74, 6) is 4.81. The molecular weight excluding hydrogens is 270 g/mol. The molecule has 2 amide bonds. The van der Waals surface area contributed by atoms with Crippen molar-refractivity contribution in [3.8, 4) is 11.8 Å². The number of nitrogens with two attached hydrogens (primary N) is 2. The van der Waals surface area contributed by atoms with Crippen LogP contribution in [0.3, 0.4) is 0 Å². The maximum absolute atomic E-state index is 12.1. The van der Waals surface area contributed by atoms with Gasteiger partial charge in [-0.15, -0.1) is 0 Å². The minimum Gasteiger partial charge on any atom is -0.370 e. The average molecular weight is 289 g/mol. The second-order valence-electron chi connectivity index (χ2n) is 4.33. The van der Waals surface area contributed by atoms with E-state index in [0.717, 1.165) is 5.56 Å². The van der Waals surface area contributed by atoms with Gasteiger partial charge in [0.05, 0.1) is 18.7 Å². The van der Waals surface area contributed by atoms with Gasteiger partial charge in [0, 0.05) is 12.1 Å². The number of hydrogen-bond acceptors (Lipinski definition) is 4. The highest BCUT2D eigenvalue weighted by atomic mass is 16.5. The summed E-state index contributed by atoms with van der Waals surface area (Å²) in [6.07, 6.45) is 0. The summed E-state index contributed by atoms with van der Waals surface area (Å²) in [5, 5.41) is 2.70. The fourth-order valence-electron chi connectivity index (χ4n) is 1.61. The maximum Gasteiger partial charge on any atom is 0.252 e. The van der Waals surface area contributed by atoms with Crippen molar-refractivity contribution in [3.05, 3.63) is 34.9 Å². The van der Waals surface area contributed by atoms with Gasteiger partial charge in [-0.05, 0) is 19.1 Å². The zero-order valence-electron chi connectivity index (χ0n) is 11.9. The zero-order chi connectivity index (χ0) is 15.7. The van der Waals surface area contributed by atoms with E-state index in [-0.39, 0.29) is 32.2 Å². The van der Waals surface area contributed by atoms with Crippen molar-refractivity contribution in [1.29, 1.82) is 0 Å². The predicted molar refractivity (Wildman–Crippen MR) is 79.5 cm³/mol. The van der Waals surface area contributed by atoms with Crippen molar-refractivity contribution in [1.82, 2.24) is 5.32 Å². The SMILES string of the molecule is Cc1ccc(C#CCN)c(C(=O)NCCOCC(N)=O)c1. The van der Waals surface area contributed by atoms with Crippen LogP contribution in [0.2, 0.25) is 0 Å². The minimum atomic E-state index is -0.542. The van der Waals surface area contributed by atoms with Gasteiger partial charge >= 0.3 is 0 Å². The minimum absolute atomic E-state index is 0.159. The smallest absolute Gasteiger partial charge is 0.252 e. The summed E-state index contributed by atoms with van der Waals surface area (Å²) in [4.78, 5) is 22.6. The third kappa shape index (κ3) is 6.08. The highest BCUT2D eigenvalue weighted by Crippen LogP contribution is 2.10. The molecule has 112 valence electrons. The van der Waals surface area contributed by atoms with Gasteiger partial charge in [0.2, 0.25) is 5.91 Å². The second kappa shape index (κ2) is 8.74. The maximum atomic E-state index is 12.1. The van der Waals surface area contributed by atoms with Crippen LogP contribution in [-0.2, 0) is 9.53 Å². The van der Waals surface area contributed by atoms with Crippen LogP contribution in [-0.4, -0.2) is 38.1 Å². The van der Waals surface area contributed by atoms with Crippen LogP contribution in [0.5, 0.6) is 0 Å². The monoisotopic (exact) mass is 289 g/mol. The van der Waals surface area contributed by atoms with E-state index in [2.05, 4.69) is 17.2 Å². The molecular formula is C15H19N3O3. The van der Waals surface area contributed by atoms with Crippen LogP contribution in [0, 0.1) is 18.8 Å². The number of carbonyl (C=O) groups excluding carboxylic acids is 2. The van der Waals surface area contributed by atoms with Gasteiger partial charge in [0.1, 0.15) is 6.61 Å². The van der Waals surface area contributed by atoms with Gasteiger partial charge in [-0.1, -0.05) is 23.5 Å². The van der Waals surface area contributed by atoms with Gasteiger partial charge in [-0.25, -0.2) is 0 Å². The van der Waals surface area contributed by atoms with Crippen molar-refractivity contribution in [2.75, 3.05) is 26.3 Å². The first-order chi connectivity index (χ1) is 10.0. The number of hydrogen-bond donors (Lipinski definition) is 3. The van der Waals surface area contributed by atoms with E-state index in [9.17, 15) is 9.59 Å². The van der Waals surface area contributed by atoms with Gasteiger partial charge in [-0.2, -0.15) is 0 Å². The summed E-state index contributed by atoms with van der Waals surface area (Å²) in [6, 6.07) is 5.43. The molecule has 0 fully saturated rings. The highest BCUT2D eigenvalue weighted by molar-refractivity contribution is 5.96. The Morgan fingerprint density at radius 1 is 1.38 bits per heavy atom. The van der Waals surface area contributed by atoms with E-state index in [1.54, 1.807) is 12.1 Å². The first kappa shape index (κ1) is 16.7. The standard InChI is InChI=1S/C15H19N3O3/c1-11-4-5-12(3-2-6-16)13(9-11)15(20)18-7-8-21-10-14(17)19/h4-5,9H,6-8,10,16H2,1H3,(H2,17,19)(H,18,20). The van der Waals surface area contributed by atoms with Crippen molar-refractivity contribution >= 4 is 11.8 Å². The van der Waals surface area contributed by atoms with Crippen LogP contribution in [0.4, 0.5) is 0 Å². The van der Waals surface area contributed by atoms with Crippen LogP contribution < -0.4 is 16.8 Å². The second-order valence-corrected chi connectivity index (χ2v) is 4.33. The lowest BCUT2D eigenvalue weighted by Crippen LogP contribution is -2.29. The normalized spacial score (nSPS) is 9.62. The average Bonchev–Trinajstić information content (AvgIpc) is 2.45. The van der Waals surface area contributed by atoms with E-state index < -0.39 is 5.91 Å². The molecule has 0 aromatic heterocycles. The molecule has 0 aliphatic carbocycles. The molecule has 0 aliphatic heterocycles. The van der Waals surface area contributed by atoms with E-state index in [1.165, 1.54) is 0 Å². The van der Waals surface area contributed by atoms with E-state index in [0.29, 0.717) is 11.1 Å². The number of rotatable bonds is 6. The molecule has 0 spiro atoms. The summed E-state index contributed by atoms with van der Waals surface area (Å²) >= 11 is 0. The zero-order valence-corrected chi connectivity index (χ0v) is 11.9. The Bertz CT molecular complexity index is 573. The third-order valence-electron chi connectivity index (χ3n) is 2.52. The van der Waals surface area contributed by atoms with E-state index >= 15 is 0 Å². The summed E-state index contributed by atoms with van der Waals surface area (Å²) < 4.78 is 4.97. The Labute approximate surface area is 123 Å². The van der Waals surface area contributed by atoms with Crippen LogP contribution in [0.1, 0.15) is 21.5 Å². The van der Waals surface area contributed by atoms with E-state index in [1.807, 2.05) is 13.0 Å². The largest absolute Gasteiger partial charge is 0.370 e. The molecule has 0 radical (unpaired) electrons. The molecule has 6 nitrogen and oxygen atoms in total. The molecule has 0 aliphatic rings. The van der Waals surface area contributed by atoms with Crippen molar-refractivity contribution in [3.63, 3.8) is 0 Å². The van der Waals surface area contributed by atoms with Gasteiger partial charge in [0.25, 0.3) is 5.91 Å². The number of amides is 2. The molecule has 0 bridgehead atoms. The first-order valence-electron chi connectivity index (χ1n) is 6.48. The summed E-state index contributed by atoms with van der Waals surface area (Å²) in [5.41, 5.74) is 12.4. The van der Waals surface area contributed by atoms with Crippen molar-refractivity contribution in [2.45, 2.75) is 6.92 Å². The summed E-state index contributed by atoms with van der Waals surface area (Å²) in [7, 11) is 0. The lowest BCUT2D eigenvalue weighted by Gasteiger charge is -2.08. The number of benzene rings is 1. The number of aryl methyl sites for hydroxylation is 1. The molecule has 0 atom stereocenters. The number of primary amides is 1. The molecule has 5 N–H and O–H groups in total. The highest BCUT2D eigenvalue weighted by Gasteiger charge is 2.10. The quantitative estimate of drug-likeness (QED) is 0.486. The molecule has 0 saturated heterocycles. The Morgan fingerprint density at radius 3 is 2.81 bits per heavy atom. The first-order valence-corrected chi connectivity index (χ1v) is 6.48. The molecule has 1 aromatic rings. The fourth-order valence-corrected chi connectivity index (χ4v) is 1.61. The Hall–Kier alpha value is -2.36. The number of ether oxygens (including phenoxy) is 1. The van der Waals surface area contributed by atoms with Crippen LogP contribution in [0.25, 0.3) is 0 Å². The van der Waals surface area contributed by atoms with Crippen LogP contribution >= 0.6 is 0 Å². The van der Waals surface area contributed by atoms with Crippen LogP contribution in [0.15, 0.2) is 18.2 Å². The topological polar surface area (TPSA) is 107 Å². The molecule has 1 rings (SSSR count). The van der Waals surface area contributed by atoms with Crippen molar-refractivity contribution < 1.29 is 14.3 Å². The molecule has 0 unspecified atom stereocenters. The lowest BCUT2D eigenvalue weighted by molar-refractivity contribution is -0.122. The van der Waals surface area contributed by atoms with Gasteiger partial charge < -0.3 is 21.5 Å². The molecule has 0 heterocycles. The van der Waals surface area contributed by atoms with E-state index in [4.69, 9.17) is 16.2 Å². The third-order valence-corrected chi connectivity index (χ3v) is 2.52. The molecule has 0 saturated carbocycles. The van der Waals surface area contributed by atoms with Gasteiger partial charge in [-0.3, -0.25) is 9.59 Å². The molecule has 21 heavy (non-hydrogen) atoms. The predicted octanol–water partition coefficient (Wildman–Crippen LogP) is -0.463. The Kier molecular flexibility index (Phi) is 6.95.